The Morgan fingerprint density at radius 3 is 2.73 bits per heavy atom. The molecule has 30 heavy (non-hydrogen) atoms. The molecule has 1 fully saturated rings. The molecular formula is C23H26N4O3. The van der Waals surface area contributed by atoms with Crippen LogP contribution in [0.1, 0.15) is 18.9 Å². The first kappa shape index (κ1) is 19.0. The lowest BCUT2D eigenvalue weighted by Crippen LogP contribution is -2.42. The molecule has 0 bridgehead atoms. The molecule has 1 saturated heterocycles. The van der Waals surface area contributed by atoms with E-state index >= 15 is 0 Å². The second kappa shape index (κ2) is 8.01. The molecule has 7 heteroatoms. The molecule has 3 N–H and O–H groups in total. The average Bonchev–Trinajstić information content (AvgIpc) is 3.37. The van der Waals surface area contributed by atoms with E-state index in [1.54, 1.807) is 0 Å². The molecule has 1 aliphatic heterocycles. The maximum atomic E-state index is 12.4. The van der Waals surface area contributed by atoms with Gasteiger partial charge in [0.05, 0.1) is 11.0 Å². The first-order valence-corrected chi connectivity index (χ1v) is 10.5. The van der Waals surface area contributed by atoms with E-state index in [4.69, 9.17) is 4.74 Å². The summed E-state index contributed by atoms with van der Waals surface area (Å²) < 4.78 is 7.77. The number of nitrogens with one attached hydrogen (secondary N) is 2. The van der Waals surface area contributed by atoms with Crippen LogP contribution in [-0.4, -0.2) is 56.9 Å². The number of benzene rings is 2. The predicted molar refractivity (Wildman–Crippen MR) is 117 cm³/mol. The van der Waals surface area contributed by atoms with Crippen LogP contribution in [0.3, 0.4) is 0 Å². The van der Waals surface area contributed by atoms with Gasteiger partial charge in [-0.1, -0.05) is 18.2 Å². The highest BCUT2D eigenvalue weighted by molar-refractivity contribution is 5.85. The van der Waals surface area contributed by atoms with Crippen molar-refractivity contribution in [3.8, 4) is 5.75 Å². The highest BCUT2D eigenvalue weighted by Crippen LogP contribution is 2.26. The lowest BCUT2D eigenvalue weighted by molar-refractivity contribution is 0.0564. The number of β-amino-alcohol motifs (C(OH)–C–C–N with tert-alkyl or cyclic N) is 1. The molecule has 2 aromatic heterocycles. The van der Waals surface area contributed by atoms with Crippen molar-refractivity contribution in [3.63, 3.8) is 0 Å². The van der Waals surface area contributed by atoms with Crippen LogP contribution in [-0.2, 0) is 0 Å². The summed E-state index contributed by atoms with van der Waals surface area (Å²) in [6.45, 7) is 2.52. The van der Waals surface area contributed by atoms with Crippen molar-refractivity contribution in [1.82, 2.24) is 19.4 Å². The molecule has 7 nitrogen and oxygen atoms in total. The number of nitrogens with zero attached hydrogens (tertiary/aromatic N) is 2. The fraction of sp³-hybridized carbons (Fsp3) is 0.348. The van der Waals surface area contributed by atoms with Gasteiger partial charge < -0.3 is 24.7 Å². The molecule has 1 atom stereocenters. The van der Waals surface area contributed by atoms with Crippen LogP contribution >= 0.6 is 0 Å². The molecule has 0 amide bonds. The third kappa shape index (κ3) is 3.62. The van der Waals surface area contributed by atoms with E-state index < -0.39 is 6.10 Å². The van der Waals surface area contributed by atoms with E-state index in [1.807, 2.05) is 59.3 Å². The number of ether oxygens (including phenoxy) is 1. The van der Waals surface area contributed by atoms with Gasteiger partial charge in [0.15, 0.2) is 0 Å². The van der Waals surface area contributed by atoms with Gasteiger partial charge in [0.25, 0.3) is 0 Å². The van der Waals surface area contributed by atoms with Gasteiger partial charge in [0.1, 0.15) is 18.5 Å². The predicted octanol–water partition coefficient (Wildman–Crippen LogP) is 2.89. The van der Waals surface area contributed by atoms with E-state index in [0.717, 1.165) is 53.6 Å². The van der Waals surface area contributed by atoms with Gasteiger partial charge in [0, 0.05) is 42.8 Å². The Bertz CT molecular complexity index is 1200. The molecule has 3 heterocycles. The second-order valence-electron chi connectivity index (χ2n) is 8.01. The molecule has 0 aliphatic carbocycles. The maximum absolute atomic E-state index is 12.4. The van der Waals surface area contributed by atoms with Gasteiger partial charge in [-0.2, -0.15) is 0 Å². The zero-order valence-corrected chi connectivity index (χ0v) is 16.8. The number of para-hydroxylation sites is 2. The summed E-state index contributed by atoms with van der Waals surface area (Å²) in [6, 6.07) is 15.9. The van der Waals surface area contributed by atoms with Crippen LogP contribution in [0.5, 0.6) is 5.75 Å². The summed E-state index contributed by atoms with van der Waals surface area (Å²) >= 11 is 0. The lowest BCUT2D eigenvalue weighted by Gasteiger charge is -2.33. The zero-order valence-electron chi connectivity index (χ0n) is 16.8. The smallest absolute Gasteiger partial charge is 0.326 e. The fourth-order valence-corrected chi connectivity index (χ4v) is 4.52. The minimum atomic E-state index is -0.563. The summed E-state index contributed by atoms with van der Waals surface area (Å²) in [4.78, 5) is 20.8. The number of fused-ring (bicyclic) bond motifs is 2. The van der Waals surface area contributed by atoms with Crippen LogP contribution < -0.4 is 10.4 Å². The van der Waals surface area contributed by atoms with E-state index in [0.29, 0.717) is 6.54 Å². The molecule has 5 rings (SSSR count). The first-order valence-electron chi connectivity index (χ1n) is 10.5. The largest absolute Gasteiger partial charge is 0.490 e. The molecule has 0 radical (unpaired) electrons. The Kier molecular flexibility index (Phi) is 5.06. The first-order chi connectivity index (χ1) is 14.7. The highest BCUT2D eigenvalue weighted by atomic mass is 16.5. The summed E-state index contributed by atoms with van der Waals surface area (Å²) in [5.74, 6) is 0.783. The van der Waals surface area contributed by atoms with Gasteiger partial charge in [-0.15, -0.1) is 0 Å². The van der Waals surface area contributed by atoms with E-state index in [1.165, 1.54) is 0 Å². The molecular weight excluding hydrogens is 380 g/mol. The van der Waals surface area contributed by atoms with E-state index in [9.17, 15) is 9.90 Å². The summed E-state index contributed by atoms with van der Waals surface area (Å²) in [6.07, 6.45) is 3.10. The SMILES string of the molecule is O=c1[nH]c2ccccc2n1C1CCN(C[C@H](O)COc2cccc3[nH]ccc23)CC1. The fourth-order valence-electron chi connectivity index (χ4n) is 4.52. The van der Waals surface area contributed by atoms with Crippen molar-refractivity contribution >= 4 is 21.9 Å². The van der Waals surface area contributed by atoms with E-state index in [-0.39, 0.29) is 18.3 Å². The Balaban J connectivity index is 1.16. The molecule has 156 valence electrons. The van der Waals surface area contributed by atoms with Crippen LogP contribution in [0.15, 0.2) is 59.5 Å². The Morgan fingerprint density at radius 2 is 1.87 bits per heavy atom. The summed E-state index contributed by atoms with van der Waals surface area (Å²) in [5.41, 5.74) is 2.84. The molecule has 0 saturated carbocycles. The zero-order chi connectivity index (χ0) is 20.5. The molecule has 0 unspecified atom stereocenters. The number of hydrogen-bond donors (Lipinski definition) is 3. The number of aliphatic hydroxyl groups is 1. The molecule has 4 aromatic rings. The summed E-state index contributed by atoms with van der Waals surface area (Å²) in [5, 5.41) is 11.5. The number of likely N-dealkylation sites (tertiary alicyclic amines) is 1. The van der Waals surface area contributed by atoms with Crippen molar-refractivity contribution in [2.75, 3.05) is 26.2 Å². The minimum absolute atomic E-state index is 0.0398. The molecule has 2 aromatic carbocycles. The highest BCUT2D eigenvalue weighted by Gasteiger charge is 2.24. The second-order valence-corrected chi connectivity index (χ2v) is 8.01. The van der Waals surface area contributed by atoms with Gasteiger partial charge in [-0.25, -0.2) is 4.79 Å². The third-order valence-corrected chi connectivity index (χ3v) is 6.00. The van der Waals surface area contributed by atoms with Crippen LogP contribution in [0.2, 0.25) is 0 Å². The van der Waals surface area contributed by atoms with Crippen molar-refractivity contribution in [1.29, 1.82) is 0 Å². The quantitative estimate of drug-likeness (QED) is 0.460. The monoisotopic (exact) mass is 406 g/mol. The van der Waals surface area contributed by atoms with Gasteiger partial charge >= 0.3 is 5.69 Å². The third-order valence-electron chi connectivity index (χ3n) is 6.00. The van der Waals surface area contributed by atoms with Crippen molar-refractivity contribution in [2.45, 2.75) is 25.0 Å². The van der Waals surface area contributed by atoms with Crippen molar-refractivity contribution < 1.29 is 9.84 Å². The van der Waals surface area contributed by atoms with Crippen LogP contribution in [0.4, 0.5) is 0 Å². The van der Waals surface area contributed by atoms with Crippen molar-refractivity contribution in [3.05, 3.63) is 65.2 Å². The Morgan fingerprint density at radius 1 is 1.07 bits per heavy atom. The standard InChI is InChI=1S/C23H26N4O3/c28-17(15-30-22-7-3-5-19-18(22)8-11-24-19)14-26-12-9-16(10-13-26)27-21-6-2-1-4-20(21)25-23(27)29/h1-8,11,16-17,24,28H,9-10,12-15H2,(H,25,29)/t17-/m0/s1. The number of rotatable bonds is 6. The number of aromatic nitrogens is 3. The maximum Gasteiger partial charge on any atom is 0.326 e. The molecule has 0 spiro atoms. The number of aliphatic hydroxyl groups excluding tert-OH is 1. The topological polar surface area (TPSA) is 86.3 Å². The van der Waals surface area contributed by atoms with E-state index in [2.05, 4.69) is 14.9 Å². The van der Waals surface area contributed by atoms with Gasteiger partial charge in [0.2, 0.25) is 0 Å². The molecule has 1 aliphatic rings. The number of H-pyrrole nitrogens is 2. The summed E-state index contributed by atoms with van der Waals surface area (Å²) in [7, 11) is 0. The van der Waals surface area contributed by atoms with Crippen molar-refractivity contribution in [2.24, 2.45) is 0 Å². The lowest BCUT2D eigenvalue weighted by atomic mass is 10.0. The number of aromatic amines is 2. The van der Waals surface area contributed by atoms with Gasteiger partial charge in [-0.3, -0.25) is 4.57 Å². The Hall–Kier alpha value is -3.03. The average molecular weight is 406 g/mol. The Labute approximate surface area is 173 Å². The van der Waals surface area contributed by atoms with Crippen LogP contribution in [0.25, 0.3) is 21.9 Å². The van der Waals surface area contributed by atoms with Crippen LogP contribution in [0, 0.1) is 0 Å². The minimum Gasteiger partial charge on any atom is -0.490 e. The number of imidazole rings is 1. The normalized spacial score (nSPS) is 17.0. The number of piperidine rings is 1. The number of hydrogen-bond acceptors (Lipinski definition) is 4. The van der Waals surface area contributed by atoms with Gasteiger partial charge in [-0.05, 0) is 43.2 Å².